The zero-order chi connectivity index (χ0) is 12.6. The van der Waals surface area contributed by atoms with E-state index in [0.717, 1.165) is 0 Å². The number of rotatable bonds is 6. The maximum Gasteiger partial charge on any atom is 0.364 e. The number of oxime groups is 1. The largest absolute Gasteiger partial charge is 0.461 e. The third-order valence-electron chi connectivity index (χ3n) is 1.41. The van der Waals surface area contributed by atoms with Gasteiger partial charge in [-0.05, 0) is 6.92 Å². The molecular formula is C10H16N2O4. The van der Waals surface area contributed by atoms with Gasteiger partial charge in [0.15, 0.2) is 0 Å². The van der Waals surface area contributed by atoms with Gasteiger partial charge in [0, 0.05) is 26.4 Å². The zero-order valence-corrected chi connectivity index (χ0v) is 9.89. The Morgan fingerprint density at radius 3 is 2.44 bits per heavy atom. The van der Waals surface area contributed by atoms with E-state index in [4.69, 9.17) is 0 Å². The smallest absolute Gasteiger partial charge is 0.364 e. The maximum absolute atomic E-state index is 11.5. The molecule has 0 aromatic rings. The fourth-order valence-corrected chi connectivity index (χ4v) is 0.769. The second-order valence-corrected chi connectivity index (χ2v) is 2.99. The lowest BCUT2D eigenvalue weighted by Gasteiger charge is -2.04. The van der Waals surface area contributed by atoms with E-state index in [1.165, 1.54) is 19.4 Å². The van der Waals surface area contributed by atoms with E-state index in [1.54, 1.807) is 25.9 Å². The number of allylic oxidation sites excluding steroid dienone is 1. The van der Waals surface area contributed by atoms with Crippen LogP contribution in [0.1, 0.15) is 6.92 Å². The first-order valence-electron chi connectivity index (χ1n) is 4.70. The highest BCUT2D eigenvalue weighted by Crippen LogP contribution is 1.92. The van der Waals surface area contributed by atoms with Gasteiger partial charge in [0.1, 0.15) is 7.11 Å². The summed E-state index contributed by atoms with van der Waals surface area (Å²) in [5, 5.41) is 3.34. The van der Waals surface area contributed by atoms with Gasteiger partial charge in [-0.1, -0.05) is 5.16 Å². The van der Waals surface area contributed by atoms with Crippen LogP contribution in [0.15, 0.2) is 17.4 Å². The number of carbonyl (C=O) groups is 2. The first kappa shape index (κ1) is 14.2. The molecule has 0 aromatic carbocycles. The first-order valence-corrected chi connectivity index (χ1v) is 4.70. The normalized spacial score (nSPS) is 11.4. The number of esters is 1. The van der Waals surface area contributed by atoms with Gasteiger partial charge in [-0.2, -0.15) is 0 Å². The number of hydrogen-bond acceptors (Lipinski definition) is 6. The lowest BCUT2D eigenvalue weighted by molar-refractivity contribution is -0.135. The number of ketones is 1. The Morgan fingerprint density at radius 1 is 1.38 bits per heavy atom. The van der Waals surface area contributed by atoms with Crippen LogP contribution < -0.4 is 0 Å². The van der Waals surface area contributed by atoms with Crippen LogP contribution in [0.3, 0.4) is 0 Å². The minimum Gasteiger partial charge on any atom is -0.461 e. The summed E-state index contributed by atoms with van der Waals surface area (Å²) in [5.74, 6) is -1.35. The average molecular weight is 228 g/mol. The Labute approximate surface area is 94.5 Å². The molecule has 0 fully saturated rings. The fraction of sp³-hybridized carbons (Fsp3) is 0.500. The van der Waals surface area contributed by atoms with Gasteiger partial charge in [0.2, 0.25) is 11.5 Å². The third kappa shape index (κ3) is 5.14. The first-order chi connectivity index (χ1) is 7.52. The van der Waals surface area contributed by atoms with Crippen molar-refractivity contribution in [3.05, 3.63) is 12.3 Å². The Kier molecular flexibility index (Phi) is 6.58. The average Bonchev–Trinajstić information content (AvgIpc) is 2.22. The molecule has 0 aliphatic rings. The Balaban J connectivity index is 4.74. The Hall–Kier alpha value is -1.85. The van der Waals surface area contributed by atoms with E-state index in [1.807, 2.05) is 0 Å². The van der Waals surface area contributed by atoms with Crippen LogP contribution in [0, 0.1) is 0 Å². The SMILES string of the molecule is CCOC(=O)C(=NOC)C(=O)C=CN(C)C. The molecule has 0 rings (SSSR count). The monoisotopic (exact) mass is 228 g/mol. The molecule has 0 aliphatic carbocycles. The van der Waals surface area contributed by atoms with Crippen molar-refractivity contribution < 1.29 is 19.2 Å². The zero-order valence-electron chi connectivity index (χ0n) is 9.89. The highest BCUT2D eigenvalue weighted by Gasteiger charge is 2.20. The predicted octanol–water partition coefficient (Wildman–Crippen LogP) is 0.196. The minimum atomic E-state index is -0.794. The van der Waals surface area contributed by atoms with Crippen LogP contribution in [-0.4, -0.2) is 50.2 Å². The second-order valence-electron chi connectivity index (χ2n) is 2.99. The van der Waals surface area contributed by atoms with Gasteiger partial charge < -0.3 is 14.5 Å². The lowest BCUT2D eigenvalue weighted by Crippen LogP contribution is -2.25. The molecule has 0 saturated heterocycles. The molecule has 0 amide bonds. The lowest BCUT2D eigenvalue weighted by atomic mass is 10.2. The summed E-state index contributed by atoms with van der Waals surface area (Å²) in [6.07, 6.45) is 2.72. The van der Waals surface area contributed by atoms with Crippen LogP contribution >= 0.6 is 0 Å². The van der Waals surface area contributed by atoms with Crippen molar-refractivity contribution >= 4 is 17.5 Å². The Morgan fingerprint density at radius 2 is 2.00 bits per heavy atom. The highest BCUT2D eigenvalue weighted by molar-refractivity contribution is 6.66. The van der Waals surface area contributed by atoms with Gasteiger partial charge in [-0.25, -0.2) is 4.79 Å². The van der Waals surface area contributed by atoms with Crippen molar-refractivity contribution in [1.82, 2.24) is 4.90 Å². The minimum absolute atomic E-state index is 0.173. The second kappa shape index (κ2) is 7.44. The number of nitrogens with zero attached hydrogens (tertiary/aromatic N) is 2. The van der Waals surface area contributed by atoms with Crippen molar-refractivity contribution in [2.75, 3.05) is 27.8 Å². The van der Waals surface area contributed by atoms with Crippen molar-refractivity contribution in [3.63, 3.8) is 0 Å². The van der Waals surface area contributed by atoms with Gasteiger partial charge in [0.25, 0.3) is 0 Å². The van der Waals surface area contributed by atoms with E-state index >= 15 is 0 Å². The molecule has 0 saturated carbocycles. The summed E-state index contributed by atoms with van der Waals surface area (Å²) in [6, 6.07) is 0. The summed E-state index contributed by atoms with van der Waals surface area (Å²) in [6.45, 7) is 1.81. The van der Waals surface area contributed by atoms with E-state index in [9.17, 15) is 9.59 Å². The summed E-state index contributed by atoms with van der Waals surface area (Å²) in [5.41, 5.74) is -0.373. The molecule has 6 nitrogen and oxygen atoms in total. The molecule has 0 bridgehead atoms. The summed E-state index contributed by atoms with van der Waals surface area (Å²) in [7, 11) is 4.75. The van der Waals surface area contributed by atoms with E-state index < -0.39 is 11.8 Å². The van der Waals surface area contributed by atoms with Gasteiger partial charge >= 0.3 is 5.97 Å². The standard InChI is InChI=1S/C10H16N2O4/c1-5-16-10(14)9(11-15-4)8(13)6-7-12(2)3/h6-7H,5H2,1-4H3. The van der Waals surface area contributed by atoms with E-state index in [-0.39, 0.29) is 12.3 Å². The molecule has 0 radical (unpaired) electrons. The molecule has 16 heavy (non-hydrogen) atoms. The number of ether oxygens (including phenoxy) is 1. The number of hydrogen-bond donors (Lipinski definition) is 0. The van der Waals surface area contributed by atoms with Crippen molar-refractivity contribution in [2.45, 2.75) is 6.92 Å². The van der Waals surface area contributed by atoms with Crippen LogP contribution in [0.25, 0.3) is 0 Å². The predicted molar refractivity (Wildman–Crippen MR) is 58.9 cm³/mol. The highest BCUT2D eigenvalue weighted by atomic mass is 16.6. The van der Waals surface area contributed by atoms with Gasteiger partial charge in [-0.3, -0.25) is 4.79 Å². The quantitative estimate of drug-likeness (QED) is 0.213. The summed E-state index contributed by atoms with van der Waals surface area (Å²) >= 11 is 0. The van der Waals surface area contributed by atoms with Gasteiger partial charge in [0.05, 0.1) is 6.61 Å². The Bertz CT molecular complexity index is 308. The molecule has 90 valence electrons. The van der Waals surface area contributed by atoms with Crippen molar-refractivity contribution in [1.29, 1.82) is 0 Å². The third-order valence-corrected chi connectivity index (χ3v) is 1.41. The molecule has 0 N–H and O–H groups in total. The topological polar surface area (TPSA) is 68.2 Å². The maximum atomic E-state index is 11.5. The van der Waals surface area contributed by atoms with Crippen LogP contribution in [0.4, 0.5) is 0 Å². The van der Waals surface area contributed by atoms with Crippen molar-refractivity contribution in [3.8, 4) is 0 Å². The number of carbonyl (C=O) groups excluding carboxylic acids is 2. The molecule has 0 aliphatic heterocycles. The molecule has 0 unspecified atom stereocenters. The van der Waals surface area contributed by atoms with E-state index in [2.05, 4.69) is 14.7 Å². The van der Waals surface area contributed by atoms with E-state index in [0.29, 0.717) is 0 Å². The summed E-state index contributed by atoms with van der Waals surface area (Å²) < 4.78 is 4.67. The molecule has 0 aromatic heterocycles. The van der Waals surface area contributed by atoms with Gasteiger partial charge in [-0.15, -0.1) is 0 Å². The molecule has 0 spiro atoms. The van der Waals surface area contributed by atoms with Crippen LogP contribution in [0.2, 0.25) is 0 Å². The molecule has 6 heteroatoms. The fourth-order valence-electron chi connectivity index (χ4n) is 0.769. The molecular weight excluding hydrogens is 212 g/mol. The van der Waals surface area contributed by atoms with Crippen LogP contribution in [0.5, 0.6) is 0 Å². The van der Waals surface area contributed by atoms with Crippen LogP contribution in [-0.2, 0) is 19.2 Å². The summed E-state index contributed by atoms with van der Waals surface area (Å²) in [4.78, 5) is 28.9. The molecule has 0 atom stereocenters. The van der Waals surface area contributed by atoms with Crippen molar-refractivity contribution in [2.24, 2.45) is 5.16 Å². The molecule has 0 heterocycles.